The number of Topliss-reactive ketones (excluding diaryl/α,β-unsaturated/α-hetero) is 1. The van der Waals surface area contributed by atoms with E-state index in [1.807, 2.05) is 6.92 Å². The minimum atomic E-state index is -0.394. The second-order valence-electron chi connectivity index (χ2n) is 4.22. The molecule has 1 aliphatic carbocycles. The lowest BCUT2D eigenvalue weighted by atomic mass is 9.88. The molecule has 1 rings (SSSR count). The van der Waals surface area contributed by atoms with E-state index < -0.39 is 6.10 Å². The first-order valence-corrected chi connectivity index (χ1v) is 5.37. The van der Waals surface area contributed by atoms with Crippen LogP contribution in [0.4, 0.5) is 0 Å². The Bertz CT molecular complexity index is 177. The third kappa shape index (κ3) is 2.53. The number of aliphatic hydroxyl groups excluding tert-OH is 1. The molecule has 0 spiro atoms. The molecule has 76 valence electrons. The minimum absolute atomic E-state index is 0.0541. The fraction of sp³-hybridized carbons (Fsp3) is 0.909. The van der Waals surface area contributed by atoms with Gasteiger partial charge in [0.1, 0.15) is 5.78 Å². The highest BCUT2D eigenvalue weighted by molar-refractivity contribution is 5.83. The van der Waals surface area contributed by atoms with E-state index in [4.69, 9.17) is 0 Å². The summed E-state index contributed by atoms with van der Waals surface area (Å²) in [5, 5.41) is 9.90. The molecule has 0 aromatic rings. The maximum atomic E-state index is 11.4. The number of hydrogen-bond acceptors (Lipinski definition) is 2. The van der Waals surface area contributed by atoms with Gasteiger partial charge in [0.25, 0.3) is 0 Å². The van der Waals surface area contributed by atoms with Crippen LogP contribution in [0.1, 0.15) is 46.0 Å². The molecule has 0 aliphatic heterocycles. The molecule has 1 N–H and O–H groups in total. The van der Waals surface area contributed by atoms with Crippen LogP contribution in [-0.2, 0) is 4.79 Å². The average molecular weight is 184 g/mol. The molecule has 1 aliphatic rings. The molecule has 2 nitrogen and oxygen atoms in total. The largest absolute Gasteiger partial charge is 0.392 e. The Morgan fingerprint density at radius 1 is 1.62 bits per heavy atom. The quantitative estimate of drug-likeness (QED) is 0.727. The van der Waals surface area contributed by atoms with Crippen molar-refractivity contribution in [2.24, 2.45) is 11.8 Å². The van der Waals surface area contributed by atoms with Crippen molar-refractivity contribution in [2.45, 2.75) is 52.1 Å². The summed E-state index contributed by atoms with van der Waals surface area (Å²) in [5.74, 6) is 0.494. The van der Waals surface area contributed by atoms with Crippen molar-refractivity contribution in [1.82, 2.24) is 0 Å². The molecule has 13 heavy (non-hydrogen) atoms. The highest BCUT2D eigenvalue weighted by Crippen LogP contribution is 2.29. The van der Waals surface area contributed by atoms with Gasteiger partial charge in [0.05, 0.1) is 6.10 Å². The van der Waals surface area contributed by atoms with E-state index in [1.165, 1.54) is 0 Å². The first kappa shape index (κ1) is 10.7. The smallest absolute Gasteiger partial charge is 0.138 e. The van der Waals surface area contributed by atoms with Crippen molar-refractivity contribution < 1.29 is 9.90 Å². The zero-order chi connectivity index (χ0) is 9.84. The monoisotopic (exact) mass is 184 g/mol. The molecule has 0 bridgehead atoms. The van der Waals surface area contributed by atoms with E-state index in [9.17, 15) is 9.90 Å². The van der Waals surface area contributed by atoms with Gasteiger partial charge in [-0.1, -0.05) is 20.3 Å². The molecular weight excluding hydrogens is 164 g/mol. The molecule has 0 aromatic heterocycles. The van der Waals surface area contributed by atoms with Crippen molar-refractivity contribution in [3.05, 3.63) is 0 Å². The van der Waals surface area contributed by atoms with Gasteiger partial charge in [-0.25, -0.2) is 0 Å². The molecule has 0 heterocycles. The summed E-state index contributed by atoms with van der Waals surface area (Å²) in [6.45, 7) is 4.15. The lowest BCUT2D eigenvalue weighted by molar-refractivity contribution is -0.124. The van der Waals surface area contributed by atoms with E-state index >= 15 is 0 Å². The number of hydrogen-bond donors (Lipinski definition) is 1. The van der Waals surface area contributed by atoms with E-state index in [0.29, 0.717) is 6.42 Å². The molecule has 3 atom stereocenters. The SMILES string of the molecule is CCCC(C)C(O)C1CCCC1=O. The average Bonchev–Trinajstić information content (AvgIpc) is 2.50. The molecular formula is C11H20O2. The summed E-state index contributed by atoms with van der Waals surface area (Å²) in [4.78, 5) is 11.4. The van der Waals surface area contributed by atoms with Gasteiger partial charge in [0, 0.05) is 12.3 Å². The Morgan fingerprint density at radius 3 is 2.77 bits per heavy atom. The van der Waals surface area contributed by atoms with Crippen LogP contribution in [0.2, 0.25) is 0 Å². The highest BCUT2D eigenvalue weighted by Gasteiger charge is 2.33. The van der Waals surface area contributed by atoms with Crippen molar-refractivity contribution >= 4 is 5.78 Å². The minimum Gasteiger partial charge on any atom is -0.392 e. The van der Waals surface area contributed by atoms with E-state index in [0.717, 1.165) is 25.7 Å². The molecule has 1 saturated carbocycles. The van der Waals surface area contributed by atoms with Crippen LogP contribution in [0.5, 0.6) is 0 Å². The summed E-state index contributed by atoms with van der Waals surface area (Å²) >= 11 is 0. The Hall–Kier alpha value is -0.370. The Balaban J connectivity index is 2.45. The van der Waals surface area contributed by atoms with Crippen LogP contribution < -0.4 is 0 Å². The zero-order valence-electron chi connectivity index (χ0n) is 8.62. The van der Waals surface area contributed by atoms with E-state index in [1.54, 1.807) is 0 Å². The van der Waals surface area contributed by atoms with Gasteiger partial charge >= 0.3 is 0 Å². The normalized spacial score (nSPS) is 27.6. The lowest BCUT2D eigenvalue weighted by Gasteiger charge is -2.22. The van der Waals surface area contributed by atoms with Crippen molar-refractivity contribution in [3.63, 3.8) is 0 Å². The fourth-order valence-electron chi connectivity index (χ4n) is 2.23. The van der Waals surface area contributed by atoms with Gasteiger partial charge in [-0.3, -0.25) is 4.79 Å². The predicted molar refractivity (Wildman–Crippen MR) is 52.4 cm³/mol. The Kier molecular flexibility index (Phi) is 3.91. The lowest BCUT2D eigenvalue weighted by Crippen LogP contribution is -2.30. The van der Waals surface area contributed by atoms with Gasteiger partial charge in [-0.15, -0.1) is 0 Å². The van der Waals surface area contributed by atoms with Gasteiger partial charge < -0.3 is 5.11 Å². The summed E-state index contributed by atoms with van der Waals surface area (Å²) in [6.07, 6.45) is 4.26. The van der Waals surface area contributed by atoms with Crippen LogP contribution in [0.15, 0.2) is 0 Å². The number of ketones is 1. The molecule has 2 heteroatoms. The van der Waals surface area contributed by atoms with Crippen LogP contribution in [-0.4, -0.2) is 17.0 Å². The standard InChI is InChI=1S/C11H20O2/c1-3-5-8(2)11(13)9-6-4-7-10(9)12/h8-9,11,13H,3-7H2,1-2H3. The molecule has 3 unspecified atom stereocenters. The Labute approximate surface area is 80.3 Å². The summed E-state index contributed by atoms with van der Waals surface area (Å²) in [7, 11) is 0. The summed E-state index contributed by atoms with van der Waals surface area (Å²) in [5.41, 5.74) is 0. The fourth-order valence-corrected chi connectivity index (χ4v) is 2.23. The van der Waals surface area contributed by atoms with Gasteiger partial charge in [0.2, 0.25) is 0 Å². The third-order valence-electron chi connectivity index (χ3n) is 3.09. The molecule has 0 amide bonds. The predicted octanol–water partition coefficient (Wildman–Crippen LogP) is 2.15. The number of rotatable bonds is 4. The molecule has 0 radical (unpaired) electrons. The van der Waals surface area contributed by atoms with Gasteiger partial charge in [0.15, 0.2) is 0 Å². The molecule has 0 aromatic carbocycles. The first-order valence-electron chi connectivity index (χ1n) is 5.37. The maximum absolute atomic E-state index is 11.4. The van der Waals surface area contributed by atoms with Crippen molar-refractivity contribution in [3.8, 4) is 0 Å². The van der Waals surface area contributed by atoms with Crippen LogP contribution in [0.25, 0.3) is 0 Å². The number of aliphatic hydroxyl groups is 1. The van der Waals surface area contributed by atoms with E-state index in [-0.39, 0.29) is 17.6 Å². The molecule has 0 saturated heterocycles. The van der Waals surface area contributed by atoms with Crippen LogP contribution in [0.3, 0.4) is 0 Å². The van der Waals surface area contributed by atoms with E-state index in [2.05, 4.69) is 6.92 Å². The second kappa shape index (κ2) is 4.75. The maximum Gasteiger partial charge on any atom is 0.138 e. The van der Waals surface area contributed by atoms with Gasteiger partial charge in [-0.05, 0) is 25.2 Å². The molecule has 1 fully saturated rings. The Morgan fingerprint density at radius 2 is 2.31 bits per heavy atom. The van der Waals surface area contributed by atoms with Crippen LogP contribution in [0, 0.1) is 11.8 Å². The second-order valence-corrected chi connectivity index (χ2v) is 4.22. The zero-order valence-corrected chi connectivity index (χ0v) is 8.62. The first-order chi connectivity index (χ1) is 6.16. The van der Waals surface area contributed by atoms with Crippen molar-refractivity contribution in [2.75, 3.05) is 0 Å². The number of carbonyl (C=O) groups excluding carboxylic acids is 1. The van der Waals surface area contributed by atoms with Crippen LogP contribution >= 0.6 is 0 Å². The summed E-state index contributed by atoms with van der Waals surface area (Å²) < 4.78 is 0. The topological polar surface area (TPSA) is 37.3 Å². The van der Waals surface area contributed by atoms with Gasteiger partial charge in [-0.2, -0.15) is 0 Å². The van der Waals surface area contributed by atoms with Crippen molar-refractivity contribution in [1.29, 1.82) is 0 Å². The number of carbonyl (C=O) groups is 1. The highest BCUT2D eigenvalue weighted by atomic mass is 16.3. The third-order valence-corrected chi connectivity index (χ3v) is 3.09. The summed E-state index contributed by atoms with van der Waals surface area (Å²) in [6, 6.07) is 0.